The minimum atomic E-state index is -0.165. The molecule has 1 rings (SSSR count). The van der Waals surface area contributed by atoms with Crippen LogP contribution in [0.4, 0.5) is 5.69 Å². The van der Waals surface area contributed by atoms with Crippen LogP contribution in [0, 0.1) is 0 Å². The van der Waals surface area contributed by atoms with Crippen LogP contribution >= 0.6 is 0 Å². The molecule has 0 aliphatic rings. The minimum absolute atomic E-state index is 0.0248. The van der Waals surface area contributed by atoms with Crippen molar-refractivity contribution >= 4 is 17.5 Å². The molecule has 7 heteroatoms. The molecule has 0 heterocycles. The molecule has 1 aromatic carbocycles. The number of hydrogen-bond donors (Lipinski definition) is 3. The van der Waals surface area contributed by atoms with Gasteiger partial charge in [-0.05, 0) is 31.2 Å². The van der Waals surface area contributed by atoms with Gasteiger partial charge in [-0.3, -0.25) is 9.59 Å². The number of ether oxygens (including phenoxy) is 2. The quantitative estimate of drug-likeness (QED) is 0.544. The third-order valence-corrected chi connectivity index (χ3v) is 2.65. The second kappa shape index (κ2) is 10.6. The van der Waals surface area contributed by atoms with E-state index in [4.69, 9.17) is 9.47 Å². The Morgan fingerprint density at radius 3 is 2.50 bits per heavy atom. The number of rotatable bonds is 10. The minimum Gasteiger partial charge on any atom is -0.484 e. The van der Waals surface area contributed by atoms with Gasteiger partial charge in [-0.15, -0.1) is 0 Å². The van der Waals surface area contributed by atoms with Gasteiger partial charge in [-0.25, -0.2) is 0 Å². The fraction of sp³-hybridized carbons (Fsp3) is 0.467. The van der Waals surface area contributed by atoms with Gasteiger partial charge in [0.05, 0.1) is 13.2 Å². The summed E-state index contributed by atoms with van der Waals surface area (Å²) in [4.78, 5) is 22.9. The van der Waals surface area contributed by atoms with Crippen molar-refractivity contribution in [2.24, 2.45) is 0 Å². The molecule has 122 valence electrons. The van der Waals surface area contributed by atoms with Crippen molar-refractivity contribution in [3.63, 3.8) is 0 Å². The Hall–Kier alpha value is -2.12. The van der Waals surface area contributed by atoms with Gasteiger partial charge in [0.15, 0.2) is 6.61 Å². The zero-order valence-electron chi connectivity index (χ0n) is 13.0. The molecular weight excluding hydrogens is 286 g/mol. The summed E-state index contributed by atoms with van der Waals surface area (Å²) in [6, 6.07) is 6.85. The smallest absolute Gasteiger partial charge is 0.257 e. The van der Waals surface area contributed by atoms with Gasteiger partial charge in [-0.1, -0.05) is 0 Å². The number of nitrogens with one attached hydrogen (secondary N) is 3. The van der Waals surface area contributed by atoms with Gasteiger partial charge >= 0.3 is 0 Å². The third kappa shape index (κ3) is 7.61. The van der Waals surface area contributed by atoms with Crippen LogP contribution in [0.3, 0.4) is 0 Å². The second-order valence-electron chi connectivity index (χ2n) is 4.48. The largest absolute Gasteiger partial charge is 0.484 e. The van der Waals surface area contributed by atoms with Gasteiger partial charge in [-0.2, -0.15) is 0 Å². The average Bonchev–Trinajstić information content (AvgIpc) is 2.51. The molecule has 0 spiro atoms. The van der Waals surface area contributed by atoms with E-state index in [9.17, 15) is 9.59 Å². The van der Waals surface area contributed by atoms with E-state index in [-0.39, 0.29) is 25.0 Å². The molecule has 1 aromatic rings. The van der Waals surface area contributed by atoms with E-state index in [1.807, 2.05) is 6.92 Å². The van der Waals surface area contributed by atoms with Crippen molar-refractivity contribution in [3.8, 4) is 5.75 Å². The number of amides is 2. The Morgan fingerprint density at radius 2 is 1.86 bits per heavy atom. The van der Waals surface area contributed by atoms with Crippen LogP contribution < -0.4 is 20.7 Å². The van der Waals surface area contributed by atoms with Crippen LogP contribution in [0.25, 0.3) is 0 Å². The molecule has 0 aromatic heterocycles. The van der Waals surface area contributed by atoms with Crippen molar-refractivity contribution in [1.82, 2.24) is 10.6 Å². The highest BCUT2D eigenvalue weighted by molar-refractivity contribution is 5.92. The van der Waals surface area contributed by atoms with Crippen molar-refractivity contribution in [1.29, 1.82) is 0 Å². The van der Waals surface area contributed by atoms with Crippen LogP contribution in [0.2, 0.25) is 0 Å². The summed E-state index contributed by atoms with van der Waals surface area (Å²) in [6.45, 7) is 3.80. The lowest BCUT2D eigenvalue weighted by molar-refractivity contribution is -0.123. The maximum atomic E-state index is 11.6. The summed E-state index contributed by atoms with van der Waals surface area (Å²) in [5.74, 6) is 0.275. The van der Waals surface area contributed by atoms with Gasteiger partial charge < -0.3 is 25.4 Å². The molecule has 0 saturated carbocycles. The number of methoxy groups -OCH3 is 1. The zero-order valence-corrected chi connectivity index (χ0v) is 13.0. The second-order valence-corrected chi connectivity index (χ2v) is 4.48. The topological polar surface area (TPSA) is 88.7 Å². The predicted molar refractivity (Wildman–Crippen MR) is 84.0 cm³/mol. The van der Waals surface area contributed by atoms with E-state index in [1.54, 1.807) is 31.4 Å². The highest BCUT2D eigenvalue weighted by Gasteiger charge is 2.03. The molecule has 0 aliphatic heterocycles. The lowest BCUT2D eigenvalue weighted by Crippen LogP contribution is -2.30. The van der Waals surface area contributed by atoms with Crippen LogP contribution in [-0.2, 0) is 14.3 Å². The van der Waals surface area contributed by atoms with Crippen LogP contribution in [0.5, 0.6) is 5.75 Å². The fourth-order valence-electron chi connectivity index (χ4n) is 1.61. The normalized spacial score (nSPS) is 10.1. The molecule has 22 heavy (non-hydrogen) atoms. The van der Waals surface area contributed by atoms with Crippen molar-refractivity contribution in [2.75, 3.05) is 45.3 Å². The van der Waals surface area contributed by atoms with Crippen LogP contribution in [0.15, 0.2) is 24.3 Å². The Morgan fingerprint density at radius 1 is 1.14 bits per heavy atom. The van der Waals surface area contributed by atoms with Crippen LogP contribution in [-0.4, -0.2) is 51.8 Å². The zero-order chi connectivity index (χ0) is 16.2. The fourth-order valence-corrected chi connectivity index (χ4v) is 1.61. The van der Waals surface area contributed by atoms with Gasteiger partial charge in [0.25, 0.3) is 5.91 Å². The van der Waals surface area contributed by atoms with Gasteiger partial charge in [0, 0.05) is 25.9 Å². The summed E-state index contributed by atoms with van der Waals surface area (Å²) in [5.41, 5.74) is 0.670. The first kappa shape index (κ1) is 17.9. The molecule has 0 aliphatic carbocycles. The molecule has 2 amide bonds. The molecule has 0 fully saturated rings. The third-order valence-electron chi connectivity index (χ3n) is 2.65. The number of anilines is 1. The van der Waals surface area contributed by atoms with Crippen molar-refractivity contribution in [2.45, 2.75) is 6.92 Å². The molecule has 0 radical (unpaired) electrons. The molecule has 0 unspecified atom stereocenters. The first-order chi connectivity index (χ1) is 10.7. The number of carbonyl (C=O) groups excluding carboxylic acids is 2. The number of carbonyl (C=O) groups is 2. The first-order valence-electron chi connectivity index (χ1n) is 7.14. The number of hydrogen-bond acceptors (Lipinski definition) is 5. The Kier molecular flexibility index (Phi) is 8.63. The lowest BCUT2D eigenvalue weighted by atomic mass is 10.3. The molecule has 0 atom stereocenters. The van der Waals surface area contributed by atoms with E-state index < -0.39 is 0 Å². The highest BCUT2D eigenvalue weighted by Crippen LogP contribution is 2.15. The van der Waals surface area contributed by atoms with E-state index in [0.29, 0.717) is 31.1 Å². The molecule has 7 nitrogen and oxygen atoms in total. The molecule has 0 bridgehead atoms. The Balaban J connectivity index is 2.32. The summed E-state index contributed by atoms with van der Waals surface area (Å²) >= 11 is 0. The predicted octanol–water partition coefficient (Wildman–Crippen LogP) is 0.376. The molecular formula is C15H23N3O4. The summed E-state index contributed by atoms with van der Waals surface area (Å²) in [7, 11) is 1.61. The highest BCUT2D eigenvalue weighted by atomic mass is 16.5. The van der Waals surface area contributed by atoms with Crippen molar-refractivity contribution < 1.29 is 19.1 Å². The number of likely N-dealkylation sites (N-methyl/N-ethyl adjacent to an activating group) is 1. The monoisotopic (exact) mass is 309 g/mol. The van der Waals surface area contributed by atoms with Crippen molar-refractivity contribution in [3.05, 3.63) is 24.3 Å². The van der Waals surface area contributed by atoms with E-state index in [1.165, 1.54) is 0 Å². The standard InChI is InChI=1S/C15H23N3O4/c1-3-17-15(20)11-22-13-6-4-12(5-7-13)18-14(19)10-16-8-9-21-2/h4-7,16H,3,8-11H2,1-2H3,(H,17,20)(H,18,19). The van der Waals surface area contributed by atoms with Gasteiger partial charge in [0.1, 0.15) is 5.75 Å². The molecule has 0 saturated heterocycles. The average molecular weight is 309 g/mol. The maximum Gasteiger partial charge on any atom is 0.257 e. The summed E-state index contributed by atoms with van der Waals surface area (Å²) < 4.78 is 10.2. The Labute approximate surface area is 130 Å². The van der Waals surface area contributed by atoms with E-state index >= 15 is 0 Å². The van der Waals surface area contributed by atoms with Crippen LogP contribution in [0.1, 0.15) is 6.92 Å². The van der Waals surface area contributed by atoms with Gasteiger partial charge in [0.2, 0.25) is 5.91 Å². The lowest BCUT2D eigenvalue weighted by Gasteiger charge is -2.09. The first-order valence-corrected chi connectivity index (χ1v) is 7.14. The summed E-state index contributed by atoms with van der Waals surface area (Å²) in [6.07, 6.45) is 0. The summed E-state index contributed by atoms with van der Waals surface area (Å²) in [5, 5.41) is 8.36. The SMILES string of the molecule is CCNC(=O)COc1ccc(NC(=O)CNCCOC)cc1. The van der Waals surface area contributed by atoms with E-state index in [2.05, 4.69) is 16.0 Å². The van der Waals surface area contributed by atoms with E-state index in [0.717, 1.165) is 0 Å². The Bertz CT molecular complexity index is 462. The molecule has 3 N–H and O–H groups in total. The number of benzene rings is 1. The maximum absolute atomic E-state index is 11.6.